The molecular formula is C19H23N3O2S4. The molecule has 0 saturated heterocycles. The highest BCUT2D eigenvalue weighted by molar-refractivity contribution is 7.99. The fraction of sp³-hybridized carbons (Fsp3) is 0.421. The van der Waals surface area contributed by atoms with Gasteiger partial charge in [-0.15, -0.1) is 34.4 Å². The number of aromatic nitrogens is 2. The lowest BCUT2D eigenvalue weighted by atomic mass is 10.2. The minimum Gasteiger partial charge on any atom is -0.354 e. The van der Waals surface area contributed by atoms with Gasteiger partial charge in [0.2, 0.25) is 5.91 Å². The van der Waals surface area contributed by atoms with E-state index in [1.165, 1.54) is 16.6 Å². The maximum Gasteiger partial charge on any atom is 0.259 e. The fourth-order valence-electron chi connectivity index (χ4n) is 2.60. The van der Waals surface area contributed by atoms with E-state index in [-0.39, 0.29) is 16.7 Å². The van der Waals surface area contributed by atoms with E-state index in [1.54, 1.807) is 22.7 Å². The van der Waals surface area contributed by atoms with Gasteiger partial charge in [0, 0.05) is 27.8 Å². The van der Waals surface area contributed by atoms with Crippen molar-refractivity contribution < 1.29 is 4.79 Å². The third-order valence-electron chi connectivity index (χ3n) is 4.30. The molecule has 0 saturated carbocycles. The topological polar surface area (TPSA) is 74.8 Å². The first-order valence-corrected chi connectivity index (χ1v) is 12.8. The van der Waals surface area contributed by atoms with Crippen molar-refractivity contribution in [3.05, 3.63) is 49.0 Å². The first-order chi connectivity index (χ1) is 13.5. The van der Waals surface area contributed by atoms with Crippen molar-refractivity contribution in [1.82, 2.24) is 15.3 Å². The van der Waals surface area contributed by atoms with Crippen LogP contribution in [-0.2, 0) is 16.3 Å². The Morgan fingerprint density at radius 2 is 2.18 bits per heavy atom. The van der Waals surface area contributed by atoms with Crippen LogP contribution in [-0.4, -0.2) is 33.4 Å². The Morgan fingerprint density at radius 3 is 2.93 bits per heavy atom. The predicted octanol–water partition coefficient (Wildman–Crippen LogP) is 4.33. The van der Waals surface area contributed by atoms with E-state index >= 15 is 0 Å². The molecule has 5 nitrogen and oxygen atoms in total. The molecule has 28 heavy (non-hydrogen) atoms. The molecule has 0 aliphatic rings. The van der Waals surface area contributed by atoms with Gasteiger partial charge in [-0.05, 0) is 37.8 Å². The van der Waals surface area contributed by atoms with Crippen LogP contribution in [0.1, 0.15) is 28.1 Å². The normalized spacial score (nSPS) is 12.4. The second kappa shape index (κ2) is 9.96. The van der Waals surface area contributed by atoms with Gasteiger partial charge in [0.05, 0.1) is 16.4 Å². The van der Waals surface area contributed by atoms with Crippen molar-refractivity contribution in [1.29, 1.82) is 0 Å². The lowest BCUT2D eigenvalue weighted by Crippen LogP contribution is -2.32. The van der Waals surface area contributed by atoms with Gasteiger partial charge >= 0.3 is 0 Å². The van der Waals surface area contributed by atoms with Gasteiger partial charge in [-0.2, -0.15) is 11.8 Å². The van der Waals surface area contributed by atoms with Gasteiger partial charge < -0.3 is 10.3 Å². The number of H-pyrrole nitrogens is 1. The molecule has 3 rings (SSSR count). The van der Waals surface area contributed by atoms with Crippen LogP contribution >= 0.6 is 46.2 Å². The molecule has 0 aromatic carbocycles. The fourth-order valence-corrected chi connectivity index (χ4v) is 6.13. The molecule has 3 aromatic rings. The quantitative estimate of drug-likeness (QED) is 0.472. The first kappa shape index (κ1) is 21.4. The van der Waals surface area contributed by atoms with E-state index in [0.717, 1.165) is 26.8 Å². The number of carbonyl (C=O) groups is 1. The maximum atomic E-state index is 12.3. The van der Waals surface area contributed by atoms with E-state index in [4.69, 9.17) is 0 Å². The van der Waals surface area contributed by atoms with Crippen LogP contribution < -0.4 is 10.9 Å². The molecule has 1 unspecified atom stereocenters. The van der Waals surface area contributed by atoms with Gasteiger partial charge in [0.15, 0.2) is 0 Å². The summed E-state index contributed by atoms with van der Waals surface area (Å²) in [5, 5.41) is 5.55. The lowest BCUT2D eigenvalue weighted by Gasteiger charge is -2.11. The summed E-state index contributed by atoms with van der Waals surface area (Å²) in [6.07, 6.45) is 0. The Labute approximate surface area is 180 Å². The van der Waals surface area contributed by atoms with Crippen LogP contribution in [0, 0.1) is 13.8 Å². The summed E-state index contributed by atoms with van der Waals surface area (Å²) in [5.74, 6) is 3.02. The lowest BCUT2D eigenvalue weighted by molar-refractivity contribution is -0.120. The number of hydrogen-bond donors (Lipinski definition) is 2. The van der Waals surface area contributed by atoms with Crippen molar-refractivity contribution in [3.63, 3.8) is 0 Å². The zero-order chi connectivity index (χ0) is 20.1. The van der Waals surface area contributed by atoms with Crippen molar-refractivity contribution in [2.75, 3.05) is 12.3 Å². The predicted molar refractivity (Wildman–Crippen MR) is 124 cm³/mol. The molecule has 0 aliphatic heterocycles. The minimum absolute atomic E-state index is 0.0213. The summed E-state index contributed by atoms with van der Waals surface area (Å²) in [7, 11) is 0. The van der Waals surface area contributed by atoms with Gasteiger partial charge in [0.1, 0.15) is 10.7 Å². The Morgan fingerprint density at radius 1 is 1.36 bits per heavy atom. The Balaban J connectivity index is 1.44. The molecule has 150 valence electrons. The molecule has 0 radical (unpaired) electrons. The standard InChI is InChI=1S/C19H23N3O2S4/c1-11-12(2)28-19-16(11)18(24)21-15(22-19)10-27-13(3)17(23)20-6-8-25-9-14-5-4-7-26-14/h4-5,7,13H,6,8-10H2,1-3H3,(H,20,23)(H,21,22,24). The van der Waals surface area contributed by atoms with E-state index in [9.17, 15) is 9.59 Å². The highest BCUT2D eigenvalue weighted by Crippen LogP contribution is 2.26. The Kier molecular flexibility index (Phi) is 7.62. The van der Waals surface area contributed by atoms with Crippen LogP contribution in [0.25, 0.3) is 10.2 Å². The molecule has 0 fully saturated rings. The van der Waals surface area contributed by atoms with E-state index in [1.807, 2.05) is 32.5 Å². The smallest absolute Gasteiger partial charge is 0.259 e. The number of amides is 1. The number of aryl methyl sites for hydroxylation is 2. The molecule has 0 aliphatic carbocycles. The number of nitrogens with zero attached hydrogens (tertiary/aromatic N) is 1. The highest BCUT2D eigenvalue weighted by Gasteiger charge is 2.15. The summed E-state index contributed by atoms with van der Waals surface area (Å²) in [6, 6.07) is 4.19. The zero-order valence-corrected chi connectivity index (χ0v) is 19.3. The van der Waals surface area contributed by atoms with Crippen LogP contribution in [0.2, 0.25) is 0 Å². The second-order valence-electron chi connectivity index (χ2n) is 6.35. The van der Waals surface area contributed by atoms with Crippen molar-refractivity contribution in [3.8, 4) is 0 Å². The monoisotopic (exact) mass is 453 g/mol. The molecule has 1 atom stereocenters. The summed E-state index contributed by atoms with van der Waals surface area (Å²) in [5.41, 5.74) is 0.903. The van der Waals surface area contributed by atoms with Gasteiger partial charge in [0.25, 0.3) is 5.56 Å². The van der Waals surface area contributed by atoms with Gasteiger partial charge in [-0.3, -0.25) is 9.59 Å². The second-order valence-corrected chi connectivity index (χ2v) is 11.0. The minimum atomic E-state index is -0.199. The number of aromatic amines is 1. The SMILES string of the molecule is Cc1sc2nc(CSC(C)C(=O)NCCSCc3cccs3)[nH]c(=O)c2c1C. The van der Waals surface area contributed by atoms with E-state index in [2.05, 4.69) is 32.8 Å². The van der Waals surface area contributed by atoms with Crippen LogP contribution in [0.4, 0.5) is 0 Å². The number of thioether (sulfide) groups is 2. The molecule has 0 bridgehead atoms. The van der Waals surface area contributed by atoms with E-state index < -0.39 is 0 Å². The molecule has 3 heterocycles. The highest BCUT2D eigenvalue weighted by atomic mass is 32.2. The first-order valence-electron chi connectivity index (χ1n) is 8.94. The van der Waals surface area contributed by atoms with Crippen molar-refractivity contribution >= 4 is 62.3 Å². The number of rotatable bonds is 9. The zero-order valence-electron chi connectivity index (χ0n) is 16.0. The molecule has 3 aromatic heterocycles. The average molecular weight is 454 g/mol. The number of nitrogens with one attached hydrogen (secondary N) is 2. The number of fused-ring (bicyclic) bond motifs is 1. The number of hydrogen-bond acceptors (Lipinski definition) is 7. The molecule has 9 heteroatoms. The van der Waals surface area contributed by atoms with Crippen molar-refractivity contribution in [2.24, 2.45) is 0 Å². The summed E-state index contributed by atoms with van der Waals surface area (Å²) < 4.78 is 0. The Hall–Kier alpha value is -1.29. The molecular weight excluding hydrogens is 430 g/mol. The summed E-state index contributed by atoms with van der Waals surface area (Å²) >= 11 is 6.60. The largest absolute Gasteiger partial charge is 0.354 e. The maximum absolute atomic E-state index is 12.3. The third-order valence-corrected chi connectivity index (χ3v) is 8.62. The number of thiophene rings is 2. The van der Waals surface area contributed by atoms with Crippen LogP contribution in [0.3, 0.4) is 0 Å². The van der Waals surface area contributed by atoms with Crippen LogP contribution in [0.15, 0.2) is 22.3 Å². The Bertz CT molecular complexity index is 995. The molecule has 0 spiro atoms. The van der Waals surface area contributed by atoms with Gasteiger partial charge in [-0.25, -0.2) is 4.98 Å². The molecule has 1 amide bonds. The third kappa shape index (κ3) is 5.40. The number of carbonyl (C=O) groups excluding carboxylic acids is 1. The average Bonchev–Trinajstić information content (AvgIpc) is 3.27. The summed E-state index contributed by atoms with van der Waals surface area (Å²) in [6.45, 7) is 6.49. The van der Waals surface area contributed by atoms with E-state index in [0.29, 0.717) is 23.5 Å². The van der Waals surface area contributed by atoms with Crippen molar-refractivity contribution in [2.45, 2.75) is 37.5 Å². The van der Waals surface area contributed by atoms with Crippen LogP contribution in [0.5, 0.6) is 0 Å². The molecule has 2 N–H and O–H groups in total. The van der Waals surface area contributed by atoms with Gasteiger partial charge in [-0.1, -0.05) is 6.07 Å². The summed E-state index contributed by atoms with van der Waals surface area (Å²) in [4.78, 5) is 35.2.